The van der Waals surface area contributed by atoms with Crippen LogP contribution in [0, 0.1) is 0 Å². The number of rotatable bonds is 12. The first-order valence-corrected chi connectivity index (χ1v) is 8.52. The fourth-order valence-corrected chi connectivity index (χ4v) is 2.25. The number of aromatic nitrogens is 1. The number of hydrogen-bond acceptors (Lipinski definition) is 5. The van der Waals surface area contributed by atoms with Gasteiger partial charge in [-0.2, -0.15) is 0 Å². The normalized spacial score (nSPS) is 10.7. The second-order valence-corrected chi connectivity index (χ2v) is 5.27. The molecule has 0 N–H and O–H groups in total. The zero-order valence-corrected chi connectivity index (χ0v) is 14.2. The van der Waals surface area contributed by atoms with Crippen LogP contribution < -0.4 is 4.74 Å². The van der Waals surface area contributed by atoms with Gasteiger partial charge in [0.15, 0.2) is 5.89 Å². The van der Waals surface area contributed by atoms with E-state index in [1.807, 2.05) is 6.92 Å². The molecule has 0 saturated carbocycles. The Hall–Kier alpha value is -1.52. The Morgan fingerprint density at radius 2 is 1.68 bits per heavy atom. The highest BCUT2D eigenvalue weighted by Gasteiger charge is 2.22. The Bertz CT molecular complexity index is 428. The number of oxazole rings is 1. The zero-order valence-electron chi connectivity index (χ0n) is 14.2. The van der Waals surface area contributed by atoms with Crippen LogP contribution in [0.15, 0.2) is 4.42 Å². The highest BCUT2D eigenvalue weighted by atomic mass is 16.6. The highest BCUT2D eigenvalue weighted by molar-refractivity contribution is 5.89. The molecule has 126 valence electrons. The van der Waals surface area contributed by atoms with Crippen molar-refractivity contribution in [1.82, 2.24) is 4.98 Å². The number of ether oxygens (including phenoxy) is 2. The molecule has 0 aliphatic heterocycles. The molecule has 1 aromatic heterocycles. The molecule has 1 heterocycles. The van der Waals surface area contributed by atoms with E-state index in [0.717, 1.165) is 19.3 Å². The molecule has 22 heavy (non-hydrogen) atoms. The minimum atomic E-state index is -0.486. The molecule has 0 bridgehead atoms. The summed E-state index contributed by atoms with van der Waals surface area (Å²) in [6, 6.07) is 0. The summed E-state index contributed by atoms with van der Waals surface area (Å²) in [6.07, 6.45) is 9.34. The molecule has 1 aromatic rings. The van der Waals surface area contributed by atoms with Crippen LogP contribution >= 0.6 is 0 Å². The van der Waals surface area contributed by atoms with Crippen molar-refractivity contribution in [2.45, 2.75) is 72.1 Å². The number of unbranched alkanes of at least 4 members (excludes halogenated alkanes) is 6. The van der Waals surface area contributed by atoms with Gasteiger partial charge >= 0.3 is 11.9 Å². The Balaban J connectivity index is 2.43. The molecule has 0 aliphatic carbocycles. The number of nitrogens with zero attached hydrogens (tertiary/aromatic N) is 1. The van der Waals surface area contributed by atoms with E-state index in [-0.39, 0.29) is 11.6 Å². The molecule has 1 rings (SSSR count). The van der Waals surface area contributed by atoms with E-state index < -0.39 is 5.97 Å². The first-order valence-electron chi connectivity index (χ1n) is 8.52. The molecule has 0 spiro atoms. The fraction of sp³-hybridized carbons (Fsp3) is 0.765. The quantitative estimate of drug-likeness (QED) is 0.419. The van der Waals surface area contributed by atoms with Crippen LogP contribution in [0.2, 0.25) is 0 Å². The molecular formula is C17H29NO4. The van der Waals surface area contributed by atoms with Crippen LogP contribution in [0.3, 0.4) is 0 Å². The SMILES string of the molecule is CCCCCCCCCc1nc(C(=O)OCC)c(OCC)o1. The molecule has 0 unspecified atom stereocenters. The Morgan fingerprint density at radius 1 is 1.00 bits per heavy atom. The van der Waals surface area contributed by atoms with E-state index >= 15 is 0 Å². The fourth-order valence-electron chi connectivity index (χ4n) is 2.25. The van der Waals surface area contributed by atoms with Crippen LogP contribution in [-0.2, 0) is 11.2 Å². The lowest BCUT2D eigenvalue weighted by molar-refractivity contribution is 0.0512. The van der Waals surface area contributed by atoms with Crippen LogP contribution in [-0.4, -0.2) is 24.2 Å². The van der Waals surface area contributed by atoms with Crippen LogP contribution in [0.1, 0.15) is 82.1 Å². The smallest absolute Gasteiger partial charge is 0.364 e. The van der Waals surface area contributed by atoms with Crippen molar-refractivity contribution in [3.05, 3.63) is 11.6 Å². The Labute approximate surface area is 133 Å². The predicted octanol–water partition coefficient (Wildman–Crippen LogP) is 4.54. The minimum absolute atomic E-state index is 0.154. The highest BCUT2D eigenvalue weighted by Crippen LogP contribution is 2.22. The number of hydrogen-bond donors (Lipinski definition) is 0. The lowest BCUT2D eigenvalue weighted by Crippen LogP contribution is -2.07. The lowest BCUT2D eigenvalue weighted by Gasteiger charge is -2.00. The molecule has 0 atom stereocenters. The third-order valence-electron chi connectivity index (χ3n) is 3.38. The largest absolute Gasteiger partial charge is 0.464 e. The predicted molar refractivity (Wildman–Crippen MR) is 85.3 cm³/mol. The van der Waals surface area contributed by atoms with Gasteiger partial charge in [-0.1, -0.05) is 45.4 Å². The minimum Gasteiger partial charge on any atom is -0.464 e. The van der Waals surface area contributed by atoms with Gasteiger partial charge in [-0.25, -0.2) is 9.78 Å². The number of esters is 1. The first kappa shape index (κ1) is 18.5. The van der Waals surface area contributed by atoms with Crippen molar-refractivity contribution in [2.24, 2.45) is 0 Å². The van der Waals surface area contributed by atoms with Crippen molar-refractivity contribution in [1.29, 1.82) is 0 Å². The van der Waals surface area contributed by atoms with Crippen molar-refractivity contribution in [3.8, 4) is 5.95 Å². The maximum atomic E-state index is 11.8. The summed E-state index contributed by atoms with van der Waals surface area (Å²) in [6.45, 7) is 6.56. The molecule has 0 aliphatic rings. The number of carbonyl (C=O) groups excluding carboxylic acids is 1. The summed E-state index contributed by atoms with van der Waals surface area (Å²) in [4.78, 5) is 16.0. The Morgan fingerprint density at radius 3 is 2.32 bits per heavy atom. The monoisotopic (exact) mass is 311 g/mol. The summed E-state index contributed by atoms with van der Waals surface area (Å²) >= 11 is 0. The molecule has 0 aromatic carbocycles. The van der Waals surface area contributed by atoms with Gasteiger partial charge in [-0.15, -0.1) is 0 Å². The summed E-state index contributed by atoms with van der Waals surface area (Å²) in [5, 5.41) is 0. The first-order chi connectivity index (χ1) is 10.7. The van der Waals surface area contributed by atoms with Gasteiger partial charge in [-0.3, -0.25) is 0 Å². The standard InChI is InChI=1S/C17H29NO4/c1-4-7-8-9-10-11-12-13-14-18-15(16(19)20-5-2)17(22-14)21-6-3/h4-13H2,1-3H3. The van der Waals surface area contributed by atoms with Gasteiger partial charge < -0.3 is 13.9 Å². The van der Waals surface area contributed by atoms with Crippen LogP contribution in [0.5, 0.6) is 5.95 Å². The molecule has 0 saturated heterocycles. The van der Waals surface area contributed by atoms with Gasteiger partial charge in [0.1, 0.15) is 0 Å². The number of carbonyl (C=O) groups is 1. The summed E-state index contributed by atoms with van der Waals surface area (Å²) in [7, 11) is 0. The van der Waals surface area contributed by atoms with E-state index in [4.69, 9.17) is 13.9 Å². The topological polar surface area (TPSA) is 61.6 Å². The zero-order chi connectivity index (χ0) is 16.2. The summed E-state index contributed by atoms with van der Waals surface area (Å²) in [5.74, 6) is 0.250. The van der Waals surface area contributed by atoms with Crippen LogP contribution in [0.25, 0.3) is 0 Å². The third-order valence-corrected chi connectivity index (χ3v) is 3.38. The molecule has 0 radical (unpaired) electrons. The van der Waals surface area contributed by atoms with E-state index in [1.54, 1.807) is 6.92 Å². The third kappa shape index (κ3) is 6.50. The van der Waals surface area contributed by atoms with E-state index in [2.05, 4.69) is 11.9 Å². The van der Waals surface area contributed by atoms with E-state index in [9.17, 15) is 4.79 Å². The van der Waals surface area contributed by atoms with Gasteiger partial charge in [0, 0.05) is 6.42 Å². The Kier molecular flexibility index (Phi) is 9.35. The van der Waals surface area contributed by atoms with Crippen molar-refractivity contribution < 1.29 is 18.7 Å². The lowest BCUT2D eigenvalue weighted by atomic mass is 10.1. The van der Waals surface area contributed by atoms with Crippen molar-refractivity contribution >= 4 is 5.97 Å². The van der Waals surface area contributed by atoms with E-state index in [0.29, 0.717) is 19.1 Å². The van der Waals surface area contributed by atoms with Crippen molar-refractivity contribution in [3.63, 3.8) is 0 Å². The number of aryl methyl sites for hydroxylation is 1. The molecule has 5 heteroatoms. The second-order valence-electron chi connectivity index (χ2n) is 5.27. The maximum Gasteiger partial charge on any atom is 0.364 e. The molecular weight excluding hydrogens is 282 g/mol. The van der Waals surface area contributed by atoms with Gasteiger partial charge in [-0.05, 0) is 20.3 Å². The maximum absolute atomic E-state index is 11.8. The van der Waals surface area contributed by atoms with Crippen LogP contribution in [0.4, 0.5) is 0 Å². The summed E-state index contributed by atoms with van der Waals surface area (Å²) < 4.78 is 15.8. The average molecular weight is 311 g/mol. The second kappa shape index (κ2) is 11.1. The molecule has 0 amide bonds. The average Bonchev–Trinajstić information content (AvgIpc) is 2.90. The van der Waals surface area contributed by atoms with Gasteiger partial charge in [0.05, 0.1) is 13.2 Å². The van der Waals surface area contributed by atoms with Gasteiger partial charge in [0.2, 0.25) is 5.69 Å². The van der Waals surface area contributed by atoms with Gasteiger partial charge in [0.25, 0.3) is 0 Å². The molecule has 5 nitrogen and oxygen atoms in total. The molecule has 0 fully saturated rings. The van der Waals surface area contributed by atoms with Crippen molar-refractivity contribution in [2.75, 3.05) is 13.2 Å². The van der Waals surface area contributed by atoms with E-state index in [1.165, 1.54) is 32.1 Å². The summed E-state index contributed by atoms with van der Waals surface area (Å²) in [5.41, 5.74) is 0.154.